The highest BCUT2D eigenvalue weighted by molar-refractivity contribution is 5.98. The number of hydrogen-bond acceptors (Lipinski definition) is 4. The van der Waals surface area contributed by atoms with Gasteiger partial charge in [-0.2, -0.15) is 5.10 Å². The maximum Gasteiger partial charge on any atom is 0.331 e. The van der Waals surface area contributed by atoms with Crippen LogP contribution in [-0.2, 0) is 16.1 Å². The second-order valence-electron chi connectivity index (χ2n) is 6.49. The van der Waals surface area contributed by atoms with Crippen LogP contribution in [-0.4, -0.2) is 34.3 Å². The Balaban J connectivity index is 1.70. The normalized spacial score (nSPS) is 16.2. The number of amides is 1. The van der Waals surface area contributed by atoms with Crippen molar-refractivity contribution in [3.63, 3.8) is 0 Å². The molecule has 0 atom stereocenters. The lowest BCUT2D eigenvalue weighted by Crippen LogP contribution is -2.56. The van der Waals surface area contributed by atoms with Crippen molar-refractivity contribution in [2.45, 2.75) is 44.2 Å². The molecule has 1 N–H and O–H groups in total. The van der Waals surface area contributed by atoms with Crippen molar-refractivity contribution in [3.8, 4) is 0 Å². The van der Waals surface area contributed by atoms with E-state index in [1.54, 1.807) is 18.3 Å². The average Bonchev–Trinajstić information content (AvgIpc) is 3.15. The largest absolute Gasteiger partial charge is 0.467 e. The first-order chi connectivity index (χ1) is 12.1. The van der Waals surface area contributed by atoms with Crippen LogP contribution in [0.1, 0.15) is 48.0 Å². The van der Waals surface area contributed by atoms with Gasteiger partial charge in [0.15, 0.2) is 0 Å². The van der Waals surface area contributed by atoms with E-state index in [0.29, 0.717) is 24.9 Å². The molecule has 1 aliphatic rings. The van der Waals surface area contributed by atoms with Gasteiger partial charge in [-0.15, -0.1) is 0 Å². The molecule has 0 spiro atoms. The number of aromatic nitrogens is 2. The summed E-state index contributed by atoms with van der Waals surface area (Å²) >= 11 is 0. The van der Waals surface area contributed by atoms with E-state index in [9.17, 15) is 9.59 Å². The Hall–Kier alpha value is -2.63. The van der Waals surface area contributed by atoms with Crippen molar-refractivity contribution in [1.29, 1.82) is 0 Å². The first-order valence-corrected chi connectivity index (χ1v) is 8.60. The Labute approximate surface area is 147 Å². The molecule has 3 rings (SSSR count). The molecule has 6 heteroatoms. The Morgan fingerprint density at radius 1 is 1.20 bits per heavy atom. The molecule has 0 saturated heterocycles. The Morgan fingerprint density at radius 2 is 1.92 bits per heavy atom. The minimum atomic E-state index is -0.891. The summed E-state index contributed by atoms with van der Waals surface area (Å²) in [6.45, 7) is 0.654. The molecule has 0 radical (unpaired) electrons. The molecule has 1 aliphatic carbocycles. The first kappa shape index (κ1) is 17.2. The molecule has 6 nitrogen and oxygen atoms in total. The van der Waals surface area contributed by atoms with Crippen LogP contribution in [0, 0.1) is 0 Å². The predicted octanol–water partition coefficient (Wildman–Crippen LogP) is 2.54. The van der Waals surface area contributed by atoms with E-state index in [0.717, 1.165) is 24.8 Å². The molecule has 1 aromatic heterocycles. The quantitative estimate of drug-likeness (QED) is 0.848. The van der Waals surface area contributed by atoms with Gasteiger partial charge in [-0.1, -0.05) is 31.4 Å². The van der Waals surface area contributed by atoms with Crippen molar-refractivity contribution < 1.29 is 14.3 Å². The fraction of sp³-hybridized carbons (Fsp3) is 0.421. The zero-order valence-corrected chi connectivity index (χ0v) is 14.4. The van der Waals surface area contributed by atoms with Crippen molar-refractivity contribution >= 4 is 11.9 Å². The SMILES string of the molecule is COC(=O)C1(NC(=O)c2ccc(Cn3cccn3)cc2)CCCCC1. The van der Waals surface area contributed by atoms with Gasteiger partial charge in [0.05, 0.1) is 13.7 Å². The van der Waals surface area contributed by atoms with Crippen molar-refractivity contribution in [2.24, 2.45) is 0 Å². The van der Waals surface area contributed by atoms with Gasteiger partial charge in [0.2, 0.25) is 0 Å². The lowest BCUT2D eigenvalue weighted by molar-refractivity contribution is -0.149. The molecule has 0 bridgehead atoms. The Bertz CT molecular complexity index is 717. The summed E-state index contributed by atoms with van der Waals surface area (Å²) in [6.07, 6.45) is 7.79. The number of carbonyl (C=O) groups excluding carboxylic acids is 2. The minimum Gasteiger partial charge on any atom is -0.467 e. The zero-order chi connectivity index (χ0) is 17.7. The molecular formula is C19H23N3O3. The van der Waals surface area contributed by atoms with Crippen molar-refractivity contribution in [3.05, 3.63) is 53.9 Å². The molecule has 2 aromatic rings. The fourth-order valence-electron chi connectivity index (χ4n) is 3.36. The summed E-state index contributed by atoms with van der Waals surface area (Å²) in [5, 5.41) is 7.10. The number of esters is 1. The summed E-state index contributed by atoms with van der Waals surface area (Å²) in [5.74, 6) is -0.589. The number of rotatable bonds is 5. The van der Waals surface area contributed by atoms with Gasteiger partial charge in [-0.05, 0) is 36.6 Å². The second-order valence-corrected chi connectivity index (χ2v) is 6.49. The van der Waals surface area contributed by atoms with E-state index in [4.69, 9.17) is 4.74 Å². The van der Waals surface area contributed by atoms with Crippen LogP contribution in [0.25, 0.3) is 0 Å². The van der Waals surface area contributed by atoms with E-state index < -0.39 is 5.54 Å². The highest BCUT2D eigenvalue weighted by Crippen LogP contribution is 2.29. The number of nitrogens with zero attached hydrogens (tertiary/aromatic N) is 2. The van der Waals surface area contributed by atoms with Crippen LogP contribution in [0.5, 0.6) is 0 Å². The molecule has 132 valence electrons. The Kier molecular flexibility index (Phi) is 5.16. The molecular weight excluding hydrogens is 318 g/mol. The fourth-order valence-corrected chi connectivity index (χ4v) is 3.36. The second kappa shape index (κ2) is 7.51. The lowest BCUT2D eigenvalue weighted by atomic mass is 9.81. The van der Waals surface area contributed by atoms with E-state index in [1.807, 2.05) is 29.1 Å². The van der Waals surface area contributed by atoms with Gasteiger partial charge >= 0.3 is 5.97 Å². The molecule has 1 aromatic carbocycles. The number of methoxy groups -OCH3 is 1. The van der Waals surface area contributed by atoms with Gasteiger partial charge in [0, 0.05) is 18.0 Å². The number of benzene rings is 1. The third-order valence-electron chi connectivity index (χ3n) is 4.76. The highest BCUT2D eigenvalue weighted by Gasteiger charge is 2.42. The third-order valence-corrected chi connectivity index (χ3v) is 4.76. The van der Waals surface area contributed by atoms with E-state index in [-0.39, 0.29) is 11.9 Å². The molecule has 0 unspecified atom stereocenters. The third kappa shape index (κ3) is 3.90. The molecule has 1 amide bonds. The van der Waals surface area contributed by atoms with Gasteiger partial charge < -0.3 is 10.1 Å². The number of nitrogens with one attached hydrogen (secondary N) is 1. The summed E-state index contributed by atoms with van der Waals surface area (Å²) in [7, 11) is 1.37. The van der Waals surface area contributed by atoms with Gasteiger partial charge in [-0.3, -0.25) is 9.48 Å². The minimum absolute atomic E-state index is 0.238. The Morgan fingerprint density at radius 3 is 2.52 bits per heavy atom. The molecule has 25 heavy (non-hydrogen) atoms. The van der Waals surface area contributed by atoms with Crippen molar-refractivity contribution in [2.75, 3.05) is 7.11 Å². The summed E-state index contributed by atoms with van der Waals surface area (Å²) in [5.41, 5.74) is 0.705. The smallest absolute Gasteiger partial charge is 0.331 e. The molecule has 1 saturated carbocycles. The maximum absolute atomic E-state index is 12.6. The molecule has 0 aliphatic heterocycles. The topological polar surface area (TPSA) is 73.2 Å². The zero-order valence-electron chi connectivity index (χ0n) is 14.4. The van der Waals surface area contributed by atoms with Gasteiger partial charge in [-0.25, -0.2) is 4.79 Å². The maximum atomic E-state index is 12.6. The van der Waals surface area contributed by atoms with Crippen molar-refractivity contribution in [1.82, 2.24) is 15.1 Å². The molecule has 1 heterocycles. The number of hydrogen-bond donors (Lipinski definition) is 1. The molecule has 1 fully saturated rings. The predicted molar refractivity (Wildman–Crippen MR) is 93.1 cm³/mol. The van der Waals surface area contributed by atoms with E-state index in [2.05, 4.69) is 10.4 Å². The van der Waals surface area contributed by atoms with Crippen LogP contribution >= 0.6 is 0 Å². The van der Waals surface area contributed by atoms with Crippen LogP contribution in [0.2, 0.25) is 0 Å². The summed E-state index contributed by atoms with van der Waals surface area (Å²) < 4.78 is 6.77. The van der Waals surface area contributed by atoms with Crippen LogP contribution in [0.4, 0.5) is 0 Å². The summed E-state index contributed by atoms with van der Waals surface area (Å²) in [6, 6.07) is 9.24. The van der Waals surface area contributed by atoms with E-state index in [1.165, 1.54) is 7.11 Å². The monoisotopic (exact) mass is 341 g/mol. The summed E-state index contributed by atoms with van der Waals surface area (Å²) in [4.78, 5) is 24.9. The van der Waals surface area contributed by atoms with Crippen LogP contribution < -0.4 is 5.32 Å². The lowest BCUT2D eigenvalue weighted by Gasteiger charge is -2.35. The number of ether oxygens (including phenoxy) is 1. The van der Waals surface area contributed by atoms with Gasteiger partial charge in [0.25, 0.3) is 5.91 Å². The first-order valence-electron chi connectivity index (χ1n) is 8.60. The number of carbonyl (C=O) groups is 2. The van der Waals surface area contributed by atoms with Crippen LogP contribution in [0.3, 0.4) is 0 Å². The van der Waals surface area contributed by atoms with Gasteiger partial charge in [0.1, 0.15) is 5.54 Å². The standard InChI is InChI=1S/C19H23N3O3/c1-25-18(24)19(10-3-2-4-11-19)21-17(23)16-8-6-15(7-9-16)14-22-13-5-12-20-22/h5-9,12-13H,2-4,10-11,14H2,1H3,(H,21,23). The van der Waals surface area contributed by atoms with Crippen LogP contribution in [0.15, 0.2) is 42.7 Å². The van der Waals surface area contributed by atoms with E-state index >= 15 is 0 Å². The average molecular weight is 341 g/mol. The highest BCUT2D eigenvalue weighted by atomic mass is 16.5.